The van der Waals surface area contributed by atoms with Crippen molar-refractivity contribution in [3.8, 4) is 0 Å². The quantitative estimate of drug-likeness (QED) is 0.0125. The van der Waals surface area contributed by atoms with Gasteiger partial charge in [0.1, 0.15) is 19.8 Å². The summed E-state index contributed by atoms with van der Waals surface area (Å²) >= 11 is 0. The second kappa shape index (κ2) is 36.6. The lowest BCUT2D eigenvalue weighted by atomic mass is 10.0. The number of carbonyl (C=O) groups excluding carboxylic acids is 1. The van der Waals surface area contributed by atoms with E-state index in [9.17, 15) is 19.4 Å². The Labute approximate surface area is 331 Å². The summed E-state index contributed by atoms with van der Waals surface area (Å²) in [5.74, 6) is -0.374. The maximum atomic E-state index is 12.4. The molecule has 0 saturated heterocycles. The molecule has 0 aromatic heterocycles. The van der Waals surface area contributed by atoms with Crippen molar-refractivity contribution in [1.82, 2.24) is 0 Å². The maximum Gasteiger partial charge on any atom is 0.305 e. The normalized spacial score (nSPS) is 14.9. The van der Waals surface area contributed by atoms with Crippen molar-refractivity contribution in [3.05, 3.63) is 60.9 Å². The Morgan fingerprint density at radius 2 is 1.28 bits per heavy atom. The Bertz CT molecular complexity index is 1070. The van der Waals surface area contributed by atoms with Crippen molar-refractivity contribution in [2.75, 3.05) is 47.5 Å². The molecule has 54 heavy (non-hydrogen) atoms. The summed E-state index contributed by atoms with van der Waals surface area (Å²) < 4.78 is 34.2. The molecule has 314 valence electrons. The van der Waals surface area contributed by atoms with E-state index < -0.39 is 20.0 Å². The largest absolute Gasteiger partial charge is 0.756 e. The number of likely N-dealkylation sites (N-methyl/N-ethyl adjacent to an activating group) is 1. The third kappa shape index (κ3) is 39.7. The van der Waals surface area contributed by atoms with Crippen molar-refractivity contribution in [1.29, 1.82) is 0 Å². The predicted octanol–water partition coefficient (Wildman–Crippen LogP) is 10.8. The Hall–Kier alpha value is -2.00. The number of allylic oxidation sites excluding steroid dienone is 7. The number of carbonyl (C=O) groups is 1. The first-order valence-electron chi connectivity index (χ1n) is 21.2. The lowest BCUT2D eigenvalue weighted by Crippen LogP contribution is -2.37. The van der Waals surface area contributed by atoms with Gasteiger partial charge in [0, 0.05) is 6.42 Å². The number of unbranched alkanes of at least 4 members (excludes halogenated alkanes) is 16. The third-order valence-corrected chi connectivity index (χ3v) is 9.71. The SMILES string of the molecule is CCCCC/C=C\C[C@@H](O)/C=C/C=C\C/C=C\CCCC(=O)OC[C@H](COP(=O)([O-])OCC[N+](C)(C)C)O/C=C/CCCCCCCCCCCCCC. The number of nitrogens with zero attached hydrogens (tertiary/aromatic N) is 1. The molecule has 0 spiro atoms. The second-order valence-electron chi connectivity index (χ2n) is 15.3. The number of aliphatic hydroxyl groups excluding tert-OH is 1. The maximum absolute atomic E-state index is 12.4. The number of phosphoric ester groups is 1. The Morgan fingerprint density at radius 1 is 0.704 bits per heavy atom. The summed E-state index contributed by atoms with van der Waals surface area (Å²) in [4.78, 5) is 24.8. The molecule has 0 amide bonds. The van der Waals surface area contributed by atoms with Gasteiger partial charge in [-0.1, -0.05) is 146 Å². The van der Waals surface area contributed by atoms with E-state index >= 15 is 0 Å². The average Bonchev–Trinajstić information content (AvgIpc) is 3.12. The molecule has 0 radical (unpaired) electrons. The summed E-state index contributed by atoms with van der Waals surface area (Å²) in [6, 6.07) is 0. The number of aliphatic hydroxyl groups is 1. The van der Waals surface area contributed by atoms with Gasteiger partial charge in [-0.2, -0.15) is 0 Å². The molecular formula is C44H80NO8P. The molecule has 0 fully saturated rings. The van der Waals surface area contributed by atoms with Crippen molar-refractivity contribution < 1.29 is 42.4 Å². The highest BCUT2D eigenvalue weighted by atomic mass is 31.2. The van der Waals surface area contributed by atoms with Crippen LogP contribution in [0.5, 0.6) is 0 Å². The minimum atomic E-state index is -4.54. The third-order valence-electron chi connectivity index (χ3n) is 8.74. The van der Waals surface area contributed by atoms with Crippen molar-refractivity contribution >= 4 is 13.8 Å². The van der Waals surface area contributed by atoms with Gasteiger partial charge in [-0.3, -0.25) is 9.36 Å². The van der Waals surface area contributed by atoms with Crippen LogP contribution in [0.25, 0.3) is 0 Å². The lowest BCUT2D eigenvalue weighted by Gasteiger charge is -2.28. The summed E-state index contributed by atoms with van der Waals surface area (Å²) in [5, 5.41) is 10.0. The van der Waals surface area contributed by atoms with E-state index in [1.54, 1.807) is 12.3 Å². The van der Waals surface area contributed by atoms with Crippen LogP contribution in [0.3, 0.4) is 0 Å². The fraction of sp³-hybridized carbons (Fsp3) is 0.750. The van der Waals surface area contributed by atoms with Crippen LogP contribution in [-0.4, -0.2) is 75.3 Å². The molecule has 0 saturated carbocycles. The number of esters is 1. The first-order valence-corrected chi connectivity index (χ1v) is 22.6. The topological polar surface area (TPSA) is 114 Å². The van der Waals surface area contributed by atoms with Gasteiger partial charge in [0.25, 0.3) is 7.82 Å². The Kier molecular flexibility index (Phi) is 35.3. The van der Waals surface area contributed by atoms with Crippen LogP contribution in [-0.2, 0) is 27.9 Å². The van der Waals surface area contributed by atoms with Gasteiger partial charge in [0.05, 0.1) is 40.1 Å². The molecular weight excluding hydrogens is 701 g/mol. The van der Waals surface area contributed by atoms with E-state index in [4.69, 9.17) is 18.5 Å². The van der Waals surface area contributed by atoms with Crippen molar-refractivity contribution in [3.63, 3.8) is 0 Å². The second-order valence-corrected chi connectivity index (χ2v) is 16.7. The van der Waals surface area contributed by atoms with Crippen molar-refractivity contribution in [2.24, 2.45) is 0 Å². The van der Waals surface area contributed by atoms with Gasteiger partial charge in [-0.05, 0) is 57.4 Å². The zero-order chi connectivity index (χ0) is 40.0. The molecule has 1 unspecified atom stereocenters. The van der Waals surface area contributed by atoms with E-state index in [0.717, 1.165) is 32.1 Å². The molecule has 10 heteroatoms. The van der Waals surface area contributed by atoms with Crippen LogP contribution in [0.15, 0.2) is 60.9 Å². The summed E-state index contributed by atoms with van der Waals surface area (Å²) in [7, 11) is 1.29. The molecule has 0 aliphatic carbocycles. The highest BCUT2D eigenvalue weighted by Gasteiger charge is 2.19. The lowest BCUT2D eigenvalue weighted by molar-refractivity contribution is -0.870. The number of hydrogen-bond donors (Lipinski definition) is 1. The molecule has 1 N–H and O–H groups in total. The highest BCUT2D eigenvalue weighted by molar-refractivity contribution is 7.45. The molecule has 0 aromatic rings. The van der Waals surface area contributed by atoms with Crippen LogP contribution in [0, 0.1) is 0 Å². The van der Waals surface area contributed by atoms with Gasteiger partial charge in [0.2, 0.25) is 0 Å². The monoisotopic (exact) mass is 782 g/mol. The zero-order valence-electron chi connectivity index (χ0n) is 35.0. The first kappa shape index (κ1) is 52.0. The minimum absolute atomic E-state index is 0.00696. The smallest absolute Gasteiger partial charge is 0.305 e. The Balaban J connectivity index is 4.47. The van der Waals surface area contributed by atoms with Crippen LogP contribution in [0.4, 0.5) is 0 Å². The van der Waals surface area contributed by atoms with Crippen LogP contribution in [0.1, 0.15) is 155 Å². The molecule has 0 bridgehead atoms. The number of phosphoric acid groups is 1. The fourth-order valence-electron chi connectivity index (χ4n) is 5.31. The number of quaternary nitrogens is 1. The van der Waals surface area contributed by atoms with Gasteiger partial charge < -0.3 is 33.0 Å². The van der Waals surface area contributed by atoms with Gasteiger partial charge >= 0.3 is 5.97 Å². The van der Waals surface area contributed by atoms with Gasteiger partial charge in [0.15, 0.2) is 6.10 Å². The summed E-state index contributed by atoms with van der Waals surface area (Å²) in [6.07, 6.45) is 42.2. The van der Waals surface area contributed by atoms with E-state index in [1.165, 1.54) is 89.9 Å². The molecule has 0 aliphatic rings. The standard InChI is InChI=1S/C44H80NO8P/c1-6-8-10-12-14-15-16-17-18-19-22-25-29-33-38-50-43(41-53-54(48,49)52-39-37-45(3,4)5)40-51-44(47)36-32-28-24-21-20-23-27-31-35-42(46)34-30-26-13-11-9-7-2/h21,23-24,26-27,30-31,33,35,38,42-43,46H,6-20,22,25,28-29,32,34,36-37,39-41H2,1-5H3/b24-21-,27-23-,30-26-,35-31+,38-33+/t42-,43-/m1/s1. The van der Waals surface area contributed by atoms with Crippen molar-refractivity contribution in [2.45, 2.75) is 167 Å². The average molecular weight is 782 g/mol. The minimum Gasteiger partial charge on any atom is -0.756 e. The van der Waals surface area contributed by atoms with E-state index in [1.807, 2.05) is 63.7 Å². The molecule has 0 heterocycles. The molecule has 3 atom stereocenters. The van der Waals surface area contributed by atoms with E-state index in [2.05, 4.69) is 19.9 Å². The first-order chi connectivity index (χ1) is 26.0. The summed E-state index contributed by atoms with van der Waals surface area (Å²) in [5.41, 5.74) is 0. The van der Waals surface area contributed by atoms with Crippen LogP contribution in [0.2, 0.25) is 0 Å². The van der Waals surface area contributed by atoms with Crippen LogP contribution >= 0.6 is 7.82 Å². The predicted molar refractivity (Wildman–Crippen MR) is 223 cm³/mol. The molecule has 9 nitrogen and oxygen atoms in total. The summed E-state index contributed by atoms with van der Waals surface area (Å²) in [6.45, 7) is 4.51. The van der Waals surface area contributed by atoms with E-state index in [0.29, 0.717) is 23.9 Å². The molecule has 0 aliphatic heterocycles. The molecule has 0 aromatic carbocycles. The van der Waals surface area contributed by atoms with Gasteiger partial charge in [-0.15, -0.1) is 0 Å². The fourth-order valence-corrected chi connectivity index (χ4v) is 6.04. The highest BCUT2D eigenvalue weighted by Crippen LogP contribution is 2.38. The van der Waals surface area contributed by atoms with Gasteiger partial charge in [-0.25, -0.2) is 0 Å². The zero-order valence-corrected chi connectivity index (χ0v) is 35.9. The Morgan fingerprint density at radius 3 is 1.94 bits per heavy atom. The number of rotatable bonds is 38. The number of hydrogen-bond acceptors (Lipinski definition) is 8. The number of ether oxygens (including phenoxy) is 2. The van der Waals surface area contributed by atoms with E-state index in [-0.39, 0.29) is 32.2 Å². The van der Waals surface area contributed by atoms with Crippen LogP contribution < -0.4 is 4.89 Å². The molecule has 0 rings (SSSR count).